The van der Waals surface area contributed by atoms with E-state index in [9.17, 15) is 19.2 Å². The molecule has 0 spiro atoms. The Balaban J connectivity index is 1.44. The molecule has 2 aliphatic rings. The van der Waals surface area contributed by atoms with Crippen molar-refractivity contribution in [1.82, 2.24) is 4.90 Å². The topological polar surface area (TPSA) is 92.8 Å². The Morgan fingerprint density at radius 2 is 1.69 bits per heavy atom. The highest BCUT2D eigenvalue weighted by atomic mass is 16.5. The average molecular weight is 398 g/mol. The molecule has 1 aromatic carbocycles. The molecule has 1 fully saturated rings. The number of rotatable bonds is 8. The number of amides is 3. The lowest BCUT2D eigenvalue weighted by Gasteiger charge is -2.14. The summed E-state index contributed by atoms with van der Waals surface area (Å²) in [4.78, 5) is 49.7. The summed E-state index contributed by atoms with van der Waals surface area (Å²) >= 11 is 0. The van der Waals surface area contributed by atoms with Crippen molar-refractivity contribution in [2.75, 3.05) is 18.5 Å². The molecule has 1 N–H and O–H groups in total. The quantitative estimate of drug-likeness (QED) is 0.413. The first kappa shape index (κ1) is 20.8. The number of nitrogens with one attached hydrogen (secondary N) is 1. The number of hydrogen-bond acceptors (Lipinski definition) is 5. The van der Waals surface area contributed by atoms with Gasteiger partial charge >= 0.3 is 5.97 Å². The maximum absolute atomic E-state index is 12.3. The van der Waals surface area contributed by atoms with E-state index in [0.29, 0.717) is 18.5 Å². The normalized spacial score (nSPS) is 20.5. The van der Waals surface area contributed by atoms with E-state index in [1.807, 2.05) is 36.4 Å². The van der Waals surface area contributed by atoms with Gasteiger partial charge in [0.2, 0.25) is 11.8 Å². The van der Waals surface area contributed by atoms with Crippen LogP contribution < -0.4 is 5.32 Å². The van der Waals surface area contributed by atoms with Gasteiger partial charge in [0.05, 0.1) is 11.8 Å². The van der Waals surface area contributed by atoms with Crippen LogP contribution >= 0.6 is 0 Å². The van der Waals surface area contributed by atoms with E-state index in [1.165, 1.54) is 5.56 Å². The van der Waals surface area contributed by atoms with Gasteiger partial charge in [-0.05, 0) is 43.4 Å². The van der Waals surface area contributed by atoms with Crippen molar-refractivity contribution in [2.45, 2.75) is 39.0 Å². The van der Waals surface area contributed by atoms with E-state index in [-0.39, 0.29) is 23.7 Å². The zero-order valence-corrected chi connectivity index (χ0v) is 16.6. The largest absolute Gasteiger partial charge is 0.454 e. The summed E-state index contributed by atoms with van der Waals surface area (Å²) in [7, 11) is 0. The number of aryl methyl sites for hydroxylation is 1. The molecule has 3 rings (SSSR count). The standard InChI is InChI=1S/C22H26N2O5/c1-2-3-6-15-9-11-16(12-10-15)23-19(25)14-29-20(26)13-24-21(27)17-7-4-5-8-18(17)22(24)28/h4-5,9-12,17-18H,2-3,6-8,13-14H2,1H3,(H,23,25)/t17-,18-/m0/s1. The molecule has 1 aromatic rings. The lowest BCUT2D eigenvalue weighted by molar-refractivity contribution is -0.154. The van der Waals surface area contributed by atoms with Crippen LogP contribution in [-0.4, -0.2) is 41.7 Å². The summed E-state index contributed by atoms with van der Waals surface area (Å²) in [6.45, 7) is 1.21. The molecule has 1 heterocycles. The molecule has 0 bridgehead atoms. The van der Waals surface area contributed by atoms with E-state index in [1.54, 1.807) is 0 Å². The Morgan fingerprint density at radius 3 is 2.28 bits per heavy atom. The summed E-state index contributed by atoms with van der Waals surface area (Å²) in [6, 6.07) is 7.52. The molecule has 29 heavy (non-hydrogen) atoms. The maximum atomic E-state index is 12.3. The molecule has 7 heteroatoms. The van der Waals surface area contributed by atoms with Gasteiger partial charge < -0.3 is 10.1 Å². The van der Waals surface area contributed by atoms with Crippen LogP contribution in [0.4, 0.5) is 5.69 Å². The molecule has 0 saturated carbocycles. The van der Waals surface area contributed by atoms with Crippen LogP contribution in [0.3, 0.4) is 0 Å². The number of benzene rings is 1. The summed E-state index contributed by atoms with van der Waals surface area (Å²) < 4.78 is 4.95. The Bertz CT molecular complexity index is 789. The van der Waals surface area contributed by atoms with E-state index in [0.717, 1.165) is 24.2 Å². The number of anilines is 1. The van der Waals surface area contributed by atoms with Crippen molar-refractivity contribution in [3.05, 3.63) is 42.0 Å². The predicted octanol–water partition coefficient (Wildman–Crippen LogP) is 2.46. The highest BCUT2D eigenvalue weighted by Gasteiger charge is 2.47. The van der Waals surface area contributed by atoms with E-state index >= 15 is 0 Å². The highest BCUT2D eigenvalue weighted by Crippen LogP contribution is 2.34. The number of carbonyl (C=O) groups excluding carboxylic acids is 4. The lowest BCUT2D eigenvalue weighted by Crippen LogP contribution is -2.37. The number of carbonyl (C=O) groups is 4. The van der Waals surface area contributed by atoms with Crippen LogP contribution in [0.5, 0.6) is 0 Å². The Kier molecular flexibility index (Phi) is 6.80. The molecular formula is C22H26N2O5. The summed E-state index contributed by atoms with van der Waals surface area (Å²) in [6.07, 6.45) is 8.02. The smallest absolute Gasteiger partial charge is 0.326 e. The molecular weight excluding hydrogens is 372 g/mol. The number of nitrogens with zero attached hydrogens (tertiary/aromatic N) is 1. The van der Waals surface area contributed by atoms with Crippen molar-refractivity contribution in [3.63, 3.8) is 0 Å². The zero-order chi connectivity index (χ0) is 20.8. The molecule has 3 amide bonds. The van der Waals surface area contributed by atoms with Crippen molar-refractivity contribution in [1.29, 1.82) is 0 Å². The minimum atomic E-state index is -0.775. The van der Waals surface area contributed by atoms with Crippen molar-refractivity contribution in [3.8, 4) is 0 Å². The molecule has 1 aliphatic heterocycles. The highest BCUT2D eigenvalue weighted by molar-refractivity contribution is 6.07. The molecule has 0 radical (unpaired) electrons. The fraction of sp³-hybridized carbons (Fsp3) is 0.455. The van der Waals surface area contributed by atoms with Crippen LogP contribution in [0, 0.1) is 11.8 Å². The van der Waals surface area contributed by atoms with Crippen LogP contribution in [0.2, 0.25) is 0 Å². The number of hydrogen-bond donors (Lipinski definition) is 1. The van der Waals surface area contributed by atoms with E-state index in [2.05, 4.69) is 12.2 Å². The van der Waals surface area contributed by atoms with Gasteiger partial charge in [0.25, 0.3) is 5.91 Å². The second-order valence-corrected chi connectivity index (χ2v) is 7.43. The van der Waals surface area contributed by atoms with Crippen molar-refractivity contribution < 1.29 is 23.9 Å². The zero-order valence-electron chi connectivity index (χ0n) is 16.6. The number of fused-ring (bicyclic) bond motifs is 1. The summed E-state index contributed by atoms with van der Waals surface area (Å²) in [5.41, 5.74) is 1.82. The van der Waals surface area contributed by atoms with Gasteiger partial charge in [-0.2, -0.15) is 0 Å². The van der Waals surface area contributed by atoms with Crippen LogP contribution in [0.1, 0.15) is 38.2 Å². The number of allylic oxidation sites excluding steroid dienone is 2. The summed E-state index contributed by atoms with van der Waals surface area (Å²) in [5.74, 6) is -2.70. The molecule has 154 valence electrons. The van der Waals surface area contributed by atoms with Gasteiger partial charge in [-0.15, -0.1) is 0 Å². The maximum Gasteiger partial charge on any atom is 0.326 e. The monoisotopic (exact) mass is 398 g/mol. The van der Waals surface area contributed by atoms with E-state index in [4.69, 9.17) is 4.74 Å². The first-order chi connectivity index (χ1) is 14.0. The fourth-order valence-electron chi connectivity index (χ4n) is 3.68. The van der Waals surface area contributed by atoms with Gasteiger partial charge in [0.1, 0.15) is 6.54 Å². The van der Waals surface area contributed by atoms with Gasteiger partial charge in [0.15, 0.2) is 6.61 Å². The van der Waals surface area contributed by atoms with Gasteiger partial charge in [-0.25, -0.2) is 0 Å². The number of esters is 1. The summed E-state index contributed by atoms with van der Waals surface area (Å²) in [5, 5.41) is 2.66. The first-order valence-corrected chi connectivity index (χ1v) is 10.0. The van der Waals surface area contributed by atoms with Gasteiger partial charge in [-0.3, -0.25) is 24.1 Å². The minimum absolute atomic E-state index is 0.339. The molecule has 0 aromatic heterocycles. The van der Waals surface area contributed by atoms with Gasteiger partial charge in [0, 0.05) is 5.69 Å². The predicted molar refractivity (Wildman–Crippen MR) is 107 cm³/mol. The van der Waals surface area contributed by atoms with E-state index < -0.39 is 25.0 Å². The second kappa shape index (κ2) is 9.49. The molecule has 2 atom stereocenters. The van der Waals surface area contributed by atoms with Crippen molar-refractivity contribution >= 4 is 29.4 Å². The second-order valence-electron chi connectivity index (χ2n) is 7.43. The van der Waals surface area contributed by atoms with Crippen LogP contribution in [-0.2, 0) is 30.3 Å². The SMILES string of the molecule is CCCCc1ccc(NC(=O)COC(=O)CN2C(=O)[C@H]3CC=CC[C@@H]3C2=O)cc1. The molecule has 1 aliphatic carbocycles. The van der Waals surface area contributed by atoms with Gasteiger partial charge in [-0.1, -0.05) is 37.6 Å². The molecule has 7 nitrogen and oxygen atoms in total. The lowest BCUT2D eigenvalue weighted by atomic mass is 9.85. The number of likely N-dealkylation sites (tertiary alicyclic amines) is 1. The Labute approximate surface area is 170 Å². The minimum Gasteiger partial charge on any atom is -0.454 e. The molecule has 1 saturated heterocycles. The first-order valence-electron chi connectivity index (χ1n) is 10.0. The number of imide groups is 1. The average Bonchev–Trinajstić information content (AvgIpc) is 2.97. The molecule has 0 unspecified atom stereocenters. The Morgan fingerprint density at radius 1 is 1.07 bits per heavy atom. The van der Waals surface area contributed by atoms with Crippen LogP contribution in [0.25, 0.3) is 0 Å². The van der Waals surface area contributed by atoms with Crippen molar-refractivity contribution in [2.24, 2.45) is 11.8 Å². The third kappa shape index (κ3) is 5.10. The fourth-order valence-corrected chi connectivity index (χ4v) is 3.68. The third-order valence-electron chi connectivity index (χ3n) is 5.31. The third-order valence-corrected chi connectivity index (χ3v) is 5.31. The number of ether oxygens (including phenoxy) is 1. The Hall–Kier alpha value is -2.96. The number of unbranched alkanes of at least 4 members (excludes halogenated alkanes) is 1. The van der Waals surface area contributed by atoms with Crippen LogP contribution in [0.15, 0.2) is 36.4 Å².